The summed E-state index contributed by atoms with van der Waals surface area (Å²) < 4.78 is 16.3. The van der Waals surface area contributed by atoms with Crippen molar-refractivity contribution in [3.63, 3.8) is 0 Å². The lowest BCUT2D eigenvalue weighted by Crippen LogP contribution is -1.99. The van der Waals surface area contributed by atoms with Crippen molar-refractivity contribution in [3.8, 4) is 11.3 Å². The Hall–Kier alpha value is -3.40. The predicted octanol–water partition coefficient (Wildman–Crippen LogP) is 5.95. The lowest BCUT2D eigenvalue weighted by Gasteiger charge is -2.15. The molecule has 3 aromatic carbocycles. The number of benzene rings is 3. The summed E-state index contributed by atoms with van der Waals surface area (Å²) in [5.41, 5.74) is 14.2. The van der Waals surface area contributed by atoms with Crippen molar-refractivity contribution in [2.45, 2.75) is 20.8 Å². The minimum Gasteiger partial charge on any atom is -0.398 e. The van der Waals surface area contributed by atoms with Crippen molar-refractivity contribution < 1.29 is 4.39 Å². The fourth-order valence-corrected chi connectivity index (χ4v) is 4.52. The number of hydrogen-bond acceptors (Lipinski definition) is 2. The number of hydrogen-bond donors (Lipinski definition) is 1. The number of halogens is 1. The van der Waals surface area contributed by atoms with E-state index in [1.54, 1.807) is 6.07 Å². The summed E-state index contributed by atoms with van der Waals surface area (Å²) in [6, 6.07) is 15.3. The quantitative estimate of drug-likeness (QED) is 0.293. The van der Waals surface area contributed by atoms with Gasteiger partial charge in [-0.1, -0.05) is 35.9 Å². The van der Waals surface area contributed by atoms with Crippen LogP contribution in [-0.2, 0) is 0 Å². The van der Waals surface area contributed by atoms with E-state index >= 15 is 0 Å². The zero-order valence-corrected chi connectivity index (χ0v) is 16.0. The van der Waals surface area contributed by atoms with Crippen molar-refractivity contribution in [3.05, 3.63) is 77.2 Å². The molecule has 28 heavy (non-hydrogen) atoms. The Bertz CT molecular complexity index is 1390. The molecule has 0 aliphatic carbocycles. The van der Waals surface area contributed by atoms with Crippen LogP contribution in [0, 0.1) is 26.6 Å². The Morgan fingerprint density at radius 2 is 1.64 bits per heavy atom. The average Bonchev–Trinajstić information content (AvgIpc) is 3.05. The van der Waals surface area contributed by atoms with Gasteiger partial charge in [0.2, 0.25) is 0 Å². The molecule has 2 heterocycles. The van der Waals surface area contributed by atoms with Crippen molar-refractivity contribution in [2.24, 2.45) is 0 Å². The lowest BCUT2D eigenvalue weighted by atomic mass is 9.97. The zero-order valence-electron chi connectivity index (χ0n) is 16.0. The van der Waals surface area contributed by atoms with Gasteiger partial charge in [-0.25, -0.2) is 9.37 Å². The largest absolute Gasteiger partial charge is 0.398 e. The van der Waals surface area contributed by atoms with Gasteiger partial charge in [0.15, 0.2) is 0 Å². The highest BCUT2D eigenvalue weighted by atomic mass is 19.1. The highest BCUT2D eigenvalue weighted by Crippen LogP contribution is 2.37. The zero-order chi connectivity index (χ0) is 19.6. The molecule has 4 heteroatoms. The molecule has 3 nitrogen and oxygen atoms in total. The summed E-state index contributed by atoms with van der Waals surface area (Å²) in [4.78, 5) is 4.73. The smallest absolute Gasteiger partial charge is 0.147 e. The maximum atomic E-state index is 14.1. The summed E-state index contributed by atoms with van der Waals surface area (Å²) in [6.07, 6.45) is 1.90. The number of aromatic nitrogens is 2. The van der Waals surface area contributed by atoms with E-state index in [0.29, 0.717) is 5.69 Å². The Morgan fingerprint density at radius 3 is 2.39 bits per heavy atom. The number of pyridine rings is 1. The van der Waals surface area contributed by atoms with E-state index in [1.807, 2.05) is 30.5 Å². The fraction of sp³-hybridized carbons (Fsp3) is 0.125. The highest BCUT2D eigenvalue weighted by molar-refractivity contribution is 6.16. The molecule has 2 aromatic heterocycles. The molecule has 5 aromatic rings. The third-order valence-electron chi connectivity index (χ3n) is 5.49. The SMILES string of the molecule is Cc1cc(C)c(-c2cnc3c4c(N)cc(F)cc4c4ccccc4n23)c(C)c1. The molecule has 0 radical (unpaired) electrons. The van der Waals surface area contributed by atoms with Crippen LogP contribution in [0.25, 0.3) is 38.6 Å². The molecule has 0 fully saturated rings. The summed E-state index contributed by atoms with van der Waals surface area (Å²) in [5.74, 6) is -0.337. The van der Waals surface area contributed by atoms with E-state index in [2.05, 4.69) is 37.3 Å². The van der Waals surface area contributed by atoms with Crippen LogP contribution in [0.2, 0.25) is 0 Å². The molecule has 0 amide bonds. The van der Waals surface area contributed by atoms with Crippen LogP contribution in [0.1, 0.15) is 16.7 Å². The van der Waals surface area contributed by atoms with E-state index in [1.165, 1.54) is 28.3 Å². The Kier molecular flexibility index (Phi) is 3.47. The van der Waals surface area contributed by atoms with Gasteiger partial charge in [-0.2, -0.15) is 0 Å². The van der Waals surface area contributed by atoms with Crippen LogP contribution >= 0.6 is 0 Å². The summed E-state index contributed by atoms with van der Waals surface area (Å²) in [7, 11) is 0. The first-order valence-electron chi connectivity index (χ1n) is 9.31. The standard InChI is InChI=1S/C24H20FN3/c1-13-8-14(2)22(15(3)9-13)21-12-27-24-23-18(10-16(25)11-19(23)26)17-6-4-5-7-20(17)28(21)24/h4-12H,26H2,1-3H3. The summed E-state index contributed by atoms with van der Waals surface area (Å²) in [5, 5.41) is 2.53. The molecule has 138 valence electrons. The number of fused-ring (bicyclic) bond motifs is 6. The molecule has 0 aliphatic rings. The van der Waals surface area contributed by atoms with E-state index in [9.17, 15) is 4.39 Å². The first-order chi connectivity index (χ1) is 13.5. The first-order valence-corrected chi connectivity index (χ1v) is 9.31. The number of imidazole rings is 1. The van der Waals surface area contributed by atoms with Crippen LogP contribution in [0.15, 0.2) is 54.7 Å². The second kappa shape index (κ2) is 5.80. The van der Waals surface area contributed by atoms with Gasteiger partial charge in [-0.05, 0) is 55.5 Å². The summed E-state index contributed by atoms with van der Waals surface area (Å²) >= 11 is 0. The van der Waals surface area contributed by atoms with E-state index < -0.39 is 0 Å². The first kappa shape index (κ1) is 16.8. The van der Waals surface area contributed by atoms with Gasteiger partial charge in [0, 0.05) is 22.0 Å². The normalized spacial score (nSPS) is 11.7. The predicted molar refractivity (Wildman–Crippen MR) is 114 cm³/mol. The minimum absolute atomic E-state index is 0.337. The monoisotopic (exact) mass is 369 g/mol. The Labute approximate surface area is 162 Å². The van der Waals surface area contributed by atoms with Gasteiger partial charge in [0.1, 0.15) is 11.5 Å². The van der Waals surface area contributed by atoms with Gasteiger partial charge in [0.25, 0.3) is 0 Å². The molecule has 0 bridgehead atoms. The fourth-order valence-electron chi connectivity index (χ4n) is 4.52. The number of nitrogens with two attached hydrogens (primary N) is 1. The number of rotatable bonds is 1. The van der Waals surface area contributed by atoms with Gasteiger partial charge in [-0.3, -0.25) is 4.40 Å². The Balaban J connectivity index is 2.04. The molecule has 0 unspecified atom stereocenters. The molecule has 0 spiro atoms. The van der Waals surface area contributed by atoms with E-state index in [-0.39, 0.29) is 5.82 Å². The second-order valence-corrected chi connectivity index (χ2v) is 7.51. The second-order valence-electron chi connectivity index (χ2n) is 7.51. The maximum Gasteiger partial charge on any atom is 0.147 e. The van der Waals surface area contributed by atoms with Gasteiger partial charge >= 0.3 is 0 Å². The molecule has 0 saturated heterocycles. The van der Waals surface area contributed by atoms with Crippen molar-refractivity contribution in [1.29, 1.82) is 0 Å². The van der Waals surface area contributed by atoms with Crippen LogP contribution in [-0.4, -0.2) is 9.38 Å². The number of nitrogens with zero attached hydrogens (tertiary/aromatic N) is 2. The van der Waals surface area contributed by atoms with Gasteiger partial charge in [-0.15, -0.1) is 0 Å². The number of nitrogen functional groups attached to an aromatic ring is 1. The topological polar surface area (TPSA) is 43.3 Å². The summed E-state index contributed by atoms with van der Waals surface area (Å²) in [6.45, 7) is 6.36. The van der Waals surface area contributed by atoms with Gasteiger partial charge < -0.3 is 5.73 Å². The number of anilines is 1. The van der Waals surface area contributed by atoms with E-state index in [4.69, 9.17) is 10.7 Å². The molecule has 0 aliphatic heterocycles. The number of para-hydroxylation sites is 1. The third kappa shape index (κ3) is 2.24. The van der Waals surface area contributed by atoms with Crippen LogP contribution < -0.4 is 5.73 Å². The molecule has 0 saturated carbocycles. The molecular weight excluding hydrogens is 349 g/mol. The van der Waals surface area contributed by atoms with Crippen LogP contribution in [0.4, 0.5) is 10.1 Å². The molecular formula is C24H20FN3. The van der Waals surface area contributed by atoms with Gasteiger partial charge in [0.05, 0.1) is 17.4 Å². The minimum atomic E-state index is -0.337. The highest BCUT2D eigenvalue weighted by Gasteiger charge is 2.18. The lowest BCUT2D eigenvalue weighted by molar-refractivity contribution is 0.630. The Morgan fingerprint density at radius 1 is 0.929 bits per heavy atom. The van der Waals surface area contributed by atoms with E-state index in [0.717, 1.165) is 33.0 Å². The average molecular weight is 369 g/mol. The van der Waals surface area contributed by atoms with Crippen LogP contribution in [0.5, 0.6) is 0 Å². The maximum absolute atomic E-state index is 14.1. The number of aryl methyl sites for hydroxylation is 3. The van der Waals surface area contributed by atoms with Crippen molar-refractivity contribution in [1.82, 2.24) is 9.38 Å². The third-order valence-corrected chi connectivity index (χ3v) is 5.49. The molecule has 0 atom stereocenters. The van der Waals surface area contributed by atoms with Crippen molar-refractivity contribution >= 4 is 33.0 Å². The van der Waals surface area contributed by atoms with Crippen molar-refractivity contribution in [2.75, 3.05) is 5.73 Å². The molecule has 5 rings (SSSR count). The molecule has 2 N–H and O–H groups in total. The van der Waals surface area contributed by atoms with Crippen LogP contribution in [0.3, 0.4) is 0 Å².